The number of aliphatic hydroxyl groups excluding tert-OH is 1. The summed E-state index contributed by atoms with van der Waals surface area (Å²) in [6.07, 6.45) is 7.35. The summed E-state index contributed by atoms with van der Waals surface area (Å²) in [6, 6.07) is 10.8. The number of hydrogen-bond acceptors (Lipinski definition) is 7. The van der Waals surface area contributed by atoms with Crippen LogP contribution < -0.4 is 14.4 Å². The van der Waals surface area contributed by atoms with E-state index < -0.39 is 27.6 Å². The van der Waals surface area contributed by atoms with Gasteiger partial charge in [0.2, 0.25) is 0 Å². The number of aliphatic hydroxyl groups is 1. The molecule has 0 radical (unpaired) electrons. The first-order valence-corrected chi connectivity index (χ1v) is 14.4. The standard InChI is InChI=1S/C27H33N3O5S/c1-18-6-7-21(19-15-26(16-19)9-3-10-26)22(14-18)35-27(11-12-27)25(32)29-36(33,34)24-5-2-4-23(28-24)30-13-8-20(31)17-30/h2,4-7,14,19-20,31H,3,8-13,15-17H2,1H3,(H,29,32). The molecule has 2 aromatic rings. The molecule has 1 aliphatic heterocycles. The first kappa shape index (κ1) is 23.7. The van der Waals surface area contributed by atoms with Crippen LogP contribution in [0.1, 0.15) is 68.4 Å². The number of pyridine rings is 1. The summed E-state index contributed by atoms with van der Waals surface area (Å²) in [7, 11) is -4.18. The maximum Gasteiger partial charge on any atom is 0.281 e. The maximum absolute atomic E-state index is 13.2. The molecular weight excluding hydrogens is 478 g/mol. The van der Waals surface area contributed by atoms with E-state index in [1.54, 1.807) is 12.1 Å². The minimum atomic E-state index is -4.18. The number of aryl methyl sites for hydroxylation is 1. The number of nitrogens with one attached hydrogen (secondary N) is 1. The summed E-state index contributed by atoms with van der Waals surface area (Å²) >= 11 is 0. The van der Waals surface area contributed by atoms with Crippen LogP contribution in [0.15, 0.2) is 41.4 Å². The second-order valence-corrected chi connectivity index (χ2v) is 12.9. The van der Waals surface area contributed by atoms with E-state index in [0.29, 0.717) is 55.3 Å². The number of β-amino-alcohol motifs (C(OH)–C–C–N with tert-alkyl or cyclic N) is 1. The van der Waals surface area contributed by atoms with E-state index in [1.165, 1.54) is 25.3 Å². The van der Waals surface area contributed by atoms with Gasteiger partial charge in [-0.1, -0.05) is 24.6 Å². The molecule has 36 heavy (non-hydrogen) atoms. The van der Waals surface area contributed by atoms with Gasteiger partial charge in [-0.2, -0.15) is 8.42 Å². The number of nitrogens with zero attached hydrogens (tertiary/aromatic N) is 2. The molecule has 192 valence electrons. The second kappa shape index (κ2) is 8.45. The van der Waals surface area contributed by atoms with Crippen LogP contribution in [0.25, 0.3) is 0 Å². The molecule has 3 aliphatic carbocycles. The third-order valence-electron chi connectivity index (χ3n) is 8.50. The summed E-state index contributed by atoms with van der Waals surface area (Å²) < 4.78 is 34.7. The molecule has 1 amide bonds. The van der Waals surface area contributed by atoms with Gasteiger partial charge in [0, 0.05) is 25.9 Å². The van der Waals surface area contributed by atoms with E-state index in [0.717, 1.165) is 24.0 Å². The number of benzene rings is 1. The van der Waals surface area contributed by atoms with E-state index in [4.69, 9.17) is 4.74 Å². The molecule has 1 unspecified atom stereocenters. The van der Waals surface area contributed by atoms with Crippen LogP contribution in [0.2, 0.25) is 0 Å². The van der Waals surface area contributed by atoms with Gasteiger partial charge in [0.25, 0.3) is 15.9 Å². The van der Waals surface area contributed by atoms with Gasteiger partial charge in [-0.25, -0.2) is 9.71 Å². The molecule has 4 aliphatic rings. The van der Waals surface area contributed by atoms with E-state index in [9.17, 15) is 18.3 Å². The number of sulfonamides is 1. The molecule has 6 rings (SSSR count). The number of carbonyl (C=O) groups excluding carboxylic acids is 1. The molecule has 1 atom stereocenters. The molecule has 2 N–H and O–H groups in total. The van der Waals surface area contributed by atoms with Crippen LogP contribution in [-0.2, 0) is 14.8 Å². The van der Waals surface area contributed by atoms with Crippen LogP contribution in [-0.4, -0.2) is 49.2 Å². The van der Waals surface area contributed by atoms with E-state index in [-0.39, 0.29) is 5.03 Å². The average Bonchev–Trinajstić information content (AvgIpc) is 3.44. The lowest BCUT2D eigenvalue weighted by atomic mass is 9.50. The Bertz CT molecular complexity index is 1290. The Morgan fingerprint density at radius 2 is 1.94 bits per heavy atom. The van der Waals surface area contributed by atoms with Crippen molar-refractivity contribution in [3.63, 3.8) is 0 Å². The Morgan fingerprint density at radius 3 is 2.58 bits per heavy atom. The number of aromatic nitrogens is 1. The third-order valence-corrected chi connectivity index (χ3v) is 9.74. The van der Waals surface area contributed by atoms with Crippen molar-refractivity contribution in [2.75, 3.05) is 18.0 Å². The van der Waals surface area contributed by atoms with Crippen molar-refractivity contribution in [2.24, 2.45) is 5.41 Å². The third kappa shape index (κ3) is 4.26. The number of amides is 1. The predicted octanol–water partition coefficient (Wildman–Crippen LogP) is 3.43. The van der Waals surface area contributed by atoms with Crippen LogP contribution in [0.4, 0.5) is 5.82 Å². The highest BCUT2D eigenvalue weighted by molar-refractivity contribution is 7.90. The SMILES string of the molecule is Cc1ccc(C2CC3(CCC3)C2)c(OC2(C(=O)NS(=O)(=O)c3cccc(N4CCC(O)C4)n3)CC2)c1. The smallest absolute Gasteiger partial charge is 0.281 e. The average molecular weight is 512 g/mol. The highest BCUT2D eigenvalue weighted by Crippen LogP contribution is 2.63. The fourth-order valence-electron chi connectivity index (χ4n) is 6.00. The zero-order valence-corrected chi connectivity index (χ0v) is 21.4. The largest absolute Gasteiger partial charge is 0.477 e. The fraction of sp³-hybridized carbons (Fsp3) is 0.556. The molecule has 1 spiro atoms. The molecule has 0 bridgehead atoms. The van der Waals surface area contributed by atoms with Gasteiger partial charge in [-0.3, -0.25) is 4.79 Å². The van der Waals surface area contributed by atoms with Crippen molar-refractivity contribution in [3.05, 3.63) is 47.5 Å². The van der Waals surface area contributed by atoms with Gasteiger partial charge in [0.1, 0.15) is 11.6 Å². The molecule has 3 saturated carbocycles. The van der Waals surface area contributed by atoms with Gasteiger partial charge in [0.15, 0.2) is 10.6 Å². The molecule has 8 nitrogen and oxygen atoms in total. The van der Waals surface area contributed by atoms with Crippen molar-refractivity contribution < 1.29 is 23.1 Å². The highest BCUT2D eigenvalue weighted by Gasteiger charge is 2.55. The van der Waals surface area contributed by atoms with Crippen LogP contribution >= 0.6 is 0 Å². The molecule has 1 saturated heterocycles. The van der Waals surface area contributed by atoms with Crippen LogP contribution in [0.5, 0.6) is 5.75 Å². The highest BCUT2D eigenvalue weighted by atomic mass is 32.2. The van der Waals surface area contributed by atoms with Gasteiger partial charge in [-0.15, -0.1) is 0 Å². The maximum atomic E-state index is 13.2. The predicted molar refractivity (Wildman–Crippen MR) is 134 cm³/mol. The van der Waals surface area contributed by atoms with E-state index in [1.807, 2.05) is 17.9 Å². The minimum absolute atomic E-state index is 0.220. The Hall–Kier alpha value is -2.65. The Balaban J connectivity index is 1.18. The molecule has 2 heterocycles. The summed E-state index contributed by atoms with van der Waals surface area (Å²) in [4.78, 5) is 19.3. The summed E-state index contributed by atoms with van der Waals surface area (Å²) in [5, 5.41) is 9.58. The van der Waals surface area contributed by atoms with E-state index in [2.05, 4.69) is 21.8 Å². The van der Waals surface area contributed by atoms with E-state index >= 15 is 0 Å². The quantitative estimate of drug-likeness (QED) is 0.586. The van der Waals surface area contributed by atoms with Crippen molar-refractivity contribution in [3.8, 4) is 5.75 Å². The molecule has 9 heteroatoms. The van der Waals surface area contributed by atoms with Crippen molar-refractivity contribution in [1.82, 2.24) is 9.71 Å². The Labute approximate surface area is 212 Å². The molecule has 1 aromatic heterocycles. The summed E-state index contributed by atoms with van der Waals surface area (Å²) in [6.45, 7) is 3.00. The second-order valence-electron chi connectivity index (χ2n) is 11.3. The van der Waals surface area contributed by atoms with Gasteiger partial charge < -0.3 is 14.7 Å². The summed E-state index contributed by atoms with van der Waals surface area (Å²) in [5.74, 6) is 0.947. The lowest BCUT2D eigenvalue weighted by molar-refractivity contribution is -0.128. The topological polar surface area (TPSA) is 109 Å². The number of rotatable bonds is 7. The molecule has 4 fully saturated rings. The lowest BCUT2D eigenvalue weighted by Crippen LogP contribution is -2.44. The van der Waals surface area contributed by atoms with Crippen molar-refractivity contribution in [2.45, 2.75) is 80.9 Å². The first-order valence-electron chi connectivity index (χ1n) is 12.9. The van der Waals surface area contributed by atoms with Gasteiger partial charge >= 0.3 is 0 Å². The zero-order chi connectivity index (χ0) is 25.1. The number of ether oxygens (including phenoxy) is 1. The van der Waals surface area contributed by atoms with Gasteiger partial charge in [0.05, 0.1) is 6.10 Å². The fourth-order valence-corrected chi connectivity index (χ4v) is 7.01. The van der Waals surface area contributed by atoms with Crippen LogP contribution in [0.3, 0.4) is 0 Å². The Morgan fingerprint density at radius 1 is 1.17 bits per heavy atom. The molecule has 1 aromatic carbocycles. The molecular formula is C27H33N3O5S. The number of anilines is 1. The number of carbonyl (C=O) groups is 1. The first-order chi connectivity index (χ1) is 17.2. The summed E-state index contributed by atoms with van der Waals surface area (Å²) in [5.41, 5.74) is 1.51. The van der Waals surface area contributed by atoms with Crippen LogP contribution in [0, 0.1) is 12.3 Å². The van der Waals surface area contributed by atoms with Crippen molar-refractivity contribution in [1.29, 1.82) is 0 Å². The Kier molecular flexibility index (Phi) is 5.57. The monoisotopic (exact) mass is 511 g/mol. The lowest BCUT2D eigenvalue weighted by Gasteiger charge is -2.54. The number of hydrogen-bond donors (Lipinski definition) is 2. The zero-order valence-electron chi connectivity index (χ0n) is 20.6. The van der Waals surface area contributed by atoms with Crippen molar-refractivity contribution >= 4 is 21.7 Å². The normalized spacial score (nSPS) is 24.2. The minimum Gasteiger partial charge on any atom is -0.477 e. The van der Waals surface area contributed by atoms with Gasteiger partial charge in [-0.05, 0) is 79.7 Å².